The highest BCUT2D eigenvalue weighted by molar-refractivity contribution is 7.85. The second-order valence-corrected chi connectivity index (χ2v) is 5.93. The van der Waals surface area contributed by atoms with E-state index < -0.39 is 10.1 Å². The number of aryl methyl sites for hydroxylation is 1. The van der Waals surface area contributed by atoms with Crippen LogP contribution < -0.4 is 0 Å². The highest BCUT2D eigenvalue weighted by Crippen LogP contribution is 2.20. The van der Waals surface area contributed by atoms with Crippen LogP contribution in [-0.4, -0.2) is 54.5 Å². The van der Waals surface area contributed by atoms with Crippen LogP contribution in [0.4, 0.5) is 0 Å². The molecule has 1 aromatic rings. The van der Waals surface area contributed by atoms with Crippen molar-refractivity contribution in [2.45, 2.75) is 25.3 Å². The fourth-order valence-electron chi connectivity index (χ4n) is 1.84. The summed E-state index contributed by atoms with van der Waals surface area (Å²) >= 11 is 0. The molecule has 0 bridgehead atoms. The molecule has 0 saturated carbocycles. The maximum atomic E-state index is 9.19. The smallest absolute Gasteiger partial charge is 0.261 e. The summed E-state index contributed by atoms with van der Waals surface area (Å²) in [5, 5.41) is 7.10. The molecule has 0 saturated heterocycles. The third-order valence-corrected chi connectivity index (χ3v) is 2.72. The van der Waals surface area contributed by atoms with E-state index in [9.17, 15) is 8.42 Å². The molecule has 0 amide bonds. The molecule has 7 heteroatoms. The van der Waals surface area contributed by atoms with Gasteiger partial charge in [-0.1, -0.05) is 0 Å². The minimum absolute atomic E-state index is 0.704. The number of fused-ring (bicyclic) bond motifs is 1. The zero-order valence-corrected chi connectivity index (χ0v) is 11.2. The van der Waals surface area contributed by atoms with Gasteiger partial charge in [-0.25, -0.2) is 0 Å². The van der Waals surface area contributed by atoms with Crippen molar-refractivity contribution in [2.75, 3.05) is 20.4 Å². The molecule has 0 radical (unpaired) electrons. The number of rotatable bonds is 1. The van der Waals surface area contributed by atoms with Crippen molar-refractivity contribution in [2.24, 2.45) is 0 Å². The lowest BCUT2D eigenvalue weighted by Gasteiger charge is -2.27. The lowest BCUT2D eigenvalue weighted by molar-refractivity contribution is 0.267. The van der Waals surface area contributed by atoms with Crippen molar-refractivity contribution >= 4 is 10.1 Å². The minimum Gasteiger partial charge on any atom is -0.306 e. The molecule has 0 spiro atoms. The number of nitrogens with one attached hydrogen (secondary N) is 1. The second-order valence-electron chi connectivity index (χ2n) is 4.47. The third kappa shape index (κ3) is 5.29. The number of hydrogen-bond acceptors (Lipinski definition) is 4. The maximum Gasteiger partial charge on any atom is 0.261 e. The molecule has 1 aromatic heterocycles. The number of aromatic nitrogens is 2. The molecule has 2 N–H and O–H groups in total. The zero-order chi connectivity index (χ0) is 13.1. The summed E-state index contributed by atoms with van der Waals surface area (Å²) in [5.41, 5.74) is 2.74. The molecule has 98 valence electrons. The van der Waals surface area contributed by atoms with Crippen LogP contribution in [0.2, 0.25) is 0 Å². The zero-order valence-electron chi connectivity index (χ0n) is 10.3. The Morgan fingerprint density at radius 2 is 2.12 bits per heavy atom. The molecule has 1 unspecified atom stereocenters. The van der Waals surface area contributed by atoms with Crippen LogP contribution in [0.15, 0.2) is 6.20 Å². The van der Waals surface area contributed by atoms with E-state index in [0.29, 0.717) is 12.3 Å². The van der Waals surface area contributed by atoms with Crippen molar-refractivity contribution < 1.29 is 13.0 Å². The summed E-state index contributed by atoms with van der Waals surface area (Å²) in [6.07, 6.45) is 6.23. The van der Waals surface area contributed by atoms with Crippen LogP contribution in [-0.2, 0) is 23.0 Å². The number of hydrogen-bond donors (Lipinski definition) is 2. The van der Waals surface area contributed by atoms with E-state index in [0.717, 1.165) is 12.8 Å². The first-order chi connectivity index (χ1) is 7.77. The molecule has 1 atom stereocenters. The Morgan fingerprint density at radius 1 is 1.53 bits per heavy atom. The van der Waals surface area contributed by atoms with Crippen LogP contribution in [0, 0.1) is 0 Å². The van der Waals surface area contributed by atoms with Gasteiger partial charge in [0.2, 0.25) is 0 Å². The van der Waals surface area contributed by atoms with Crippen LogP contribution in [0.3, 0.4) is 0 Å². The SMILES string of the molecule is CN(C)C1CCc2[nH]ncc2C1.CS(=O)(=O)O. The molecular weight excluding hydrogens is 242 g/mol. The molecule has 1 aliphatic carbocycles. The molecule has 1 aliphatic rings. The van der Waals surface area contributed by atoms with Gasteiger partial charge >= 0.3 is 0 Å². The normalized spacial score (nSPS) is 19.5. The van der Waals surface area contributed by atoms with Gasteiger partial charge in [0.1, 0.15) is 0 Å². The van der Waals surface area contributed by atoms with Crippen LogP contribution in [0.1, 0.15) is 17.7 Å². The highest BCUT2D eigenvalue weighted by atomic mass is 32.2. The van der Waals surface area contributed by atoms with Gasteiger partial charge in [-0.3, -0.25) is 9.65 Å². The summed E-state index contributed by atoms with van der Waals surface area (Å²) in [5.74, 6) is 0. The standard InChI is InChI=1S/C9H15N3.CH4O3S/c1-12(2)8-3-4-9-7(5-8)6-10-11-9;1-5(2,3)4/h6,8H,3-5H2,1-2H3,(H,10,11);1H3,(H,2,3,4). The maximum absolute atomic E-state index is 9.19. The van der Waals surface area contributed by atoms with E-state index in [1.807, 2.05) is 6.20 Å². The molecule has 0 aliphatic heterocycles. The van der Waals surface area contributed by atoms with E-state index in [1.54, 1.807) is 0 Å². The average Bonchev–Trinajstić information content (AvgIpc) is 2.60. The first-order valence-electron chi connectivity index (χ1n) is 5.37. The number of H-pyrrole nitrogens is 1. The fourth-order valence-corrected chi connectivity index (χ4v) is 1.84. The minimum atomic E-state index is -3.67. The van der Waals surface area contributed by atoms with Crippen LogP contribution >= 0.6 is 0 Å². The van der Waals surface area contributed by atoms with Gasteiger partial charge in [0, 0.05) is 11.7 Å². The lowest BCUT2D eigenvalue weighted by Crippen LogP contribution is -2.33. The predicted octanol–water partition coefficient (Wildman–Crippen LogP) is 0.333. The largest absolute Gasteiger partial charge is 0.306 e. The van der Waals surface area contributed by atoms with E-state index in [4.69, 9.17) is 4.55 Å². The predicted molar refractivity (Wildman–Crippen MR) is 65.6 cm³/mol. The molecule has 17 heavy (non-hydrogen) atoms. The third-order valence-electron chi connectivity index (χ3n) is 2.72. The first kappa shape index (κ1) is 14.1. The van der Waals surface area contributed by atoms with Crippen molar-refractivity contribution in [1.29, 1.82) is 0 Å². The lowest BCUT2D eigenvalue weighted by atomic mass is 9.93. The highest BCUT2D eigenvalue weighted by Gasteiger charge is 2.20. The Morgan fingerprint density at radius 3 is 2.65 bits per heavy atom. The van der Waals surface area contributed by atoms with Gasteiger partial charge in [0.05, 0.1) is 12.5 Å². The molecular formula is C10H19N3O3S. The van der Waals surface area contributed by atoms with E-state index in [1.165, 1.54) is 17.7 Å². The Balaban J connectivity index is 0.000000249. The van der Waals surface area contributed by atoms with E-state index >= 15 is 0 Å². The number of aromatic amines is 1. The summed E-state index contributed by atoms with van der Waals surface area (Å²) in [6.45, 7) is 0. The summed E-state index contributed by atoms with van der Waals surface area (Å²) in [4.78, 5) is 2.30. The molecule has 6 nitrogen and oxygen atoms in total. The molecule has 0 aromatic carbocycles. The van der Waals surface area contributed by atoms with E-state index in [2.05, 4.69) is 29.2 Å². The molecule has 1 heterocycles. The first-order valence-corrected chi connectivity index (χ1v) is 7.22. The topological polar surface area (TPSA) is 86.3 Å². The van der Waals surface area contributed by atoms with Crippen molar-refractivity contribution in [3.63, 3.8) is 0 Å². The summed E-state index contributed by atoms with van der Waals surface area (Å²) < 4.78 is 25.9. The average molecular weight is 261 g/mol. The summed E-state index contributed by atoms with van der Waals surface area (Å²) in [6, 6.07) is 0.704. The number of nitrogens with zero attached hydrogens (tertiary/aromatic N) is 2. The Bertz CT molecular complexity index is 445. The van der Waals surface area contributed by atoms with Gasteiger partial charge in [0.25, 0.3) is 10.1 Å². The van der Waals surface area contributed by atoms with Crippen molar-refractivity contribution in [1.82, 2.24) is 15.1 Å². The quantitative estimate of drug-likeness (QED) is 0.712. The van der Waals surface area contributed by atoms with Crippen LogP contribution in [0.5, 0.6) is 0 Å². The van der Waals surface area contributed by atoms with Gasteiger partial charge in [-0.2, -0.15) is 13.5 Å². The van der Waals surface area contributed by atoms with Gasteiger partial charge < -0.3 is 4.90 Å². The summed E-state index contributed by atoms with van der Waals surface area (Å²) in [7, 11) is 0.630. The Kier molecular flexibility index (Phi) is 4.67. The van der Waals surface area contributed by atoms with E-state index in [-0.39, 0.29) is 0 Å². The van der Waals surface area contributed by atoms with Crippen molar-refractivity contribution in [3.05, 3.63) is 17.5 Å². The number of likely N-dealkylation sites (N-methyl/N-ethyl adjacent to an activating group) is 1. The monoisotopic (exact) mass is 261 g/mol. The van der Waals surface area contributed by atoms with Gasteiger partial charge in [-0.15, -0.1) is 0 Å². The fraction of sp³-hybridized carbons (Fsp3) is 0.700. The Labute approximate surface area is 102 Å². The van der Waals surface area contributed by atoms with Crippen LogP contribution in [0.25, 0.3) is 0 Å². The molecule has 0 fully saturated rings. The second kappa shape index (κ2) is 5.61. The molecule has 2 rings (SSSR count). The van der Waals surface area contributed by atoms with Gasteiger partial charge in [0.15, 0.2) is 0 Å². The Hall–Kier alpha value is -0.920. The van der Waals surface area contributed by atoms with Gasteiger partial charge in [-0.05, 0) is 38.9 Å². The van der Waals surface area contributed by atoms with Crippen molar-refractivity contribution in [3.8, 4) is 0 Å².